The minimum absolute atomic E-state index is 0.0693. The largest absolute Gasteiger partial charge is 0.356 e. The molecule has 1 fully saturated rings. The van der Waals surface area contributed by atoms with E-state index >= 15 is 0 Å². The first-order valence-electron chi connectivity index (χ1n) is 11.5. The molecule has 0 aliphatic carbocycles. The molecule has 4 N–H and O–H groups in total. The quantitative estimate of drug-likeness (QED) is 0.381. The zero-order chi connectivity index (χ0) is 23.1. The molecule has 0 bridgehead atoms. The van der Waals surface area contributed by atoms with Crippen LogP contribution in [0.1, 0.15) is 39.3 Å². The normalized spacial score (nSPS) is 16.8. The number of piperidine rings is 1. The molecule has 0 saturated carbocycles. The summed E-state index contributed by atoms with van der Waals surface area (Å²) in [7, 11) is 0. The van der Waals surface area contributed by atoms with Gasteiger partial charge in [0.1, 0.15) is 0 Å². The van der Waals surface area contributed by atoms with Gasteiger partial charge in [-0.15, -0.1) is 0 Å². The van der Waals surface area contributed by atoms with Crippen LogP contribution in [0.25, 0.3) is 22.2 Å². The molecule has 2 aromatic heterocycles. The van der Waals surface area contributed by atoms with Gasteiger partial charge in [0, 0.05) is 29.4 Å². The lowest BCUT2D eigenvalue weighted by molar-refractivity contribution is 0.0913. The van der Waals surface area contributed by atoms with Crippen LogP contribution in [0.15, 0.2) is 60.8 Å². The lowest BCUT2D eigenvalue weighted by atomic mass is 9.73. The molecule has 2 aliphatic heterocycles. The summed E-state index contributed by atoms with van der Waals surface area (Å²) in [5.41, 5.74) is 3.48. The number of anilines is 1. The number of benzene rings is 2. The molecule has 0 atom stereocenters. The van der Waals surface area contributed by atoms with Gasteiger partial charge in [-0.25, -0.2) is 9.97 Å². The summed E-state index contributed by atoms with van der Waals surface area (Å²) in [5.74, 6) is -0.128. The third kappa shape index (κ3) is 3.43. The van der Waals surface area contributed by atoms with Gasteiger partial charge < -0.3 is 15.6 Å². The molecular formula is C26H24N6O2. The van der Waals surface area contributed by atoms with Gasteiger partial charge in [-0.2, -0.15) is 0 Å². The monoisotopic (exact) mass is 452 g/mol. The number of hydrogen-bond acceptors (Lipinski definition) is 5. The minimum Gasteiger partial charge on any atom is -0.356 e. The van der Waals surface area contributed by atoms with Gasteiger partial charge in [0.15, 0.2) is 0 Å². The fraction of sp³-hybridized carbons (Fsp3) is 0.231. The van der Waals surface area contributed by atoms with Crippen molar-refractivity contribution < 1.29 is 9.59 Å². The number of aromatic nitrogens is 3. The Balaban J connectivity index is 1.32. The third-order valence-electron chi connectivity index (χ3n) is 6.93. The van der Waals surface area contributed by atoms with Gasteiger partial charge in [0.25, 0.3) is 11.8 Å². The van der Waals surface area contributed by atoms with Crippen LogP contribution in [0.2, 0.25) is 0 Å². The second kappa shape index (κ2) is 8.07. The molecule has 1 saturated heterocycles. The number of carbonyl (C=O) groups excluding carboxylic acids is 2. The van der Waals surface area contributed by atoms with Crippen LogP contribution < -0.4 is 16.0 Å². The number of nitrogens with one attached hydrogen (secondary N) is 4. The Bertz CT molecular complexity index is 1410. The van der Waals surface area contributed by atoms with Crippen molar-refractivity contribution in [2.45, 2.75) is 18.3 Å². The number of fused-ring (bicyclic) bond motifs is 3. The van der Waals surface area contributed by atoms with Crippen LogP contribution >= 0.6 is 0 Å². The molecular weight excluding hydrogens is 428 g/mol. The first kappa shape index (κ1) is 20.6. The van der Waals surface area contributed by atoms with Crippen LogP contribution in [-0.2, 0) is 5.41 Å². The van der Waals surface area contributed by atoms with Crippen LogP contribution in [-0.4, -0.2) is 46.4 Å². The molecule has 0 radical (unpaired) electrons. The SMILES string of the molecule is O=C1NCC2(CCNCC2)c2[nH]c(-c3ccnc(NC(=O)c4cccc5ccccc45)n3)cc21. The Morgan fingerprint density at radius 3 is 2.74 bits per heavy atom. The standard InChI is InChI=1S/C26H24N6O2/c33-23-19-14-21(30-22(19)26(15-29-23)9-12-27-13-10-26)20-8-11-28-25(31-20)32-24(34)18-7-3-5-16-4-1-2-6-17(16)18/h1-8,11,14,27,30H,9-10,12-13,15H2,(H,29,33)(H,28,31,32,34). The van der Waals surface area contributed by atoms with Crippen molar-refractivity contribution in [2.75, 3.05) is 25.0 Å². The lowest BCUT2D eigenvalue weighted by Gasteiger charge is -2.40. The van der Waals surface area contributed by atoms with E-state index in [0.717, 1.165) is 48.1 Å². The Morgan fingerprint density at radius 1 is 1.03 bits per heavy atom. The summed E-state index contributed by atoms with van der Waals surface area (Å²) in [6.07, 6.45) is 3.52. The van der Waals surface area contributed by atoms with Gasteiger partial charge in [-0.1, -0.05) is 36.4 Å². The summed E-state index contributed by atoms with van der Waals surface area (Å²) in [4.78, 5) is 37.9. The molecule has 8 nitrogen and oxygen atoms in total. The first-order chi connectivity index (χ1) is 16.6. The summed E-state index contributed by atoms with van der Waals surface area (Å²) in [6.45, 7) is 2.47. The van der Waals surface area contributed by atoms with E-state index in [-0.39, 0.29) is 23.2 Å². The lowest BCUT2D eigenvalue weighted by Crippen LogP contribution is -2.51. The van der Waals surface area contributed by atoms with Gasteiger partial charge in [0.05, 0.1) is 17.0 Å². The topological polar surface area (TPSA) is 112 Å². The van der Waals surface area contributed by atoms with E-state index in [9.17, 15) is 9.59 Å². The van der Waals surface area contributed by atoms with Gasteiger partial charge in [0.2, 0.25) is 5.95 Å². The van der Waals surface area contributed by atoms with Crippen molar-refractivity contribution in [2.24, 2.45) is 0 Å². The van der Waals surface area contributed by atoms with Gasteiger partial charge in [-0.3, -0.25) is 14.9 Å². The van der Waals surface area contributed by atoms with Crippen molar-refractivity contribution in [3.63, 3.8) is 0 Å². The molecule has 2 aromatic carbocycles. The highest BCUT2D eigenvalue weighted by molar-refractivity contribution is 6.12. The van der Waals surface area contributed by atoms with Gasteiger partial charge in [-0.05, 0) is 54.9 Å². The zero-order valence-electron chi connectivity index (χ0n) is 18.5. The van der Waals surface area contributed by atoms with Gasteiger partial charge >= 0.3 is 0 Å². The maximum absolute atomic E-state index is 13.0. The summed E-state index contributed by atoms with van der Waals surface area (Å²) < 4.78 is 0. The van der Waals surface area contributed by atoms with Crippen LogP contribution in [0.5, 0.6) is 0 Å². The number of rotatable bonds is 3. The predicted octanol–water partition coefficient (Wildman–Crippen LogP) is 3.24. The number of nitrogens with zero attached hydrogens (tertiary/aromatic N) is 2. The summed E-state index contributed by atoms with van der Waals surface area (Å²) >= 11 is 0. The molecule has 4 heterocycles. The van der Waals surface area contributed by atoms with E-state index in [1.54, 1.807) is 18.3 Å². The predicted molar refractivity (Wildman–Crippen MR) is 130 cm³/mol. The molecule has 170 valence electrons. The van der Waals surface area contributed by atoms with Crippen molar-refractivity contribution >= 4 is 28.5 Å². The van der Waals surface area contributed by atoms with E-state index in [1.807, 2.05) is 42.5 Å². The average molecular weight is 453 g/mol. The Labute approximate surface area is 196 Å². The summed E-state index contributed by atoms with van der Waals surface area (Å²) in [6, 6.07) is 17.0. The van der Waals surface area contributed by atoms with E-state index in [1.165, 1.54) is 0 Å². The molecule has 8 heteroatoms. The minimum atomic E-state index is -0.271. The van der Waals surface area contributed by atoms with E-state index in [4.69, 9.17) is 0 Å². The number of hydrogen-bond donors (Lipinski definition) is 4. The van der Waals surface area contributed by atoms with Crippen LogP contribution in [0.4, 0.5) is 5.95 Å². The Morgan fingerprint density at radius 2 is 1.85 bits per heavy atom. The number of H-pyrrole nitrogens is 1. The second-order valence-electron chi connectivity index (χ2n) is 8.93. The van der Waals surface area contributed by atoms with Crippen molar-refractivity contribution in [1.82, 2.24) is 25.6 Å². The molecule has 2 amide bonds. The first-order valence-corrected chi connectivity index (χ1v) is 11.5. The molecule has 4 aromatic rings. The molecule has 0 unspecified atom stereocenters. The Hall–Kier alpha value is -4.04. The van der Waals surface area contributed by atoms with Crippen molar-refractivity contribution in [3.8, 4) is 11.4 Å². The second-order valence-corrected chi connectivity index (χ2v) is 8.93. The highest BCUT2D eigenvalue weighted by Crippen LogP contribution is 2.38. The number of aromatic amines is 1. The molecule has 6 rings (SSSR count). The van der Waals surface area contributed by atoms with Crippen LogP contribution in [0.3, 0.4) is 0 Å². The van der Waals surface area contributed by atoms with Crippen molar-refractivity contribution in [3.05, 3.63) is 77.6 Å². The van der Waals surface area contributed by atoms with Crippen molar-refractivity contribution in [1.29, 1.82) is 0 Å². The molecule has 2 aliphatic rings. The van der Waals surface area contributed by atoms with E-state index < -0.39 is 0 Å². The van der Waals surface area contributed by atoms with Crippen LogP contribution in [0, 0.1) is 0 Å². The maximum Gasteiger partial charge on any atom is 0.258 e. The van der Waals surface area contributed by atoms with E-state index in [2.05, 4.69) is 30.9 Å². The molecule has 34 heavy (non-hydrogen) atoms. The number of carbonyl (C=O) groups is 2. The highest BCUT2D eigenvalue weighted by Gasteiger charge is 2.42. The van der Waals surface area contributed by atoms with E-state index in [0.29, 0.717) is 23.4 Å². The third-order valence-corrected chi connectivity index (χ3v) is 6.93. The average Bonchev–Trinajstić information content (AvgIpc) is 3.35. The fourth-order valence-electron chi connectivity index (χ4n) is 5.12. The highest BCUT2D eigenvalue weighted by atomic mass is 16.2. The Kier molecular flexibility index (Phi) is 4.88. The zero-order valence-corrected chi connectivity index (χ0v) is 18.5. The summed E-state index contributed by atoms with van der Waals surface area (Å²) in [5, 5.41) is 11.1. The molecule has 1 spiro atoms. The fourth-order valence-corrected chi connectivity index (χ4v) is 5.12. The number of amides is 2. The maximum atomic E-state index is 13.0. The smallest absolute Gasteiger partial charge is 0.258 e.